The Balaban J connectivity index is 1.71. The minimum absolute atomic E-state index is 0.184. The van der Waals surface area contributed by atoms with Gasteiger partial charge in [0.15, 0.2) is 5.82 Å². The van der Waals surface area contributed by atoms with Gasteiger partial charge in [-0.05, 0) is 55.7 Å². The third-order valence-electron chi connectivity index (χ3n) is 7.18. The molecule has 0 fully saturated rings. The van der Waals surface area contributed by atoms with E-state index in [1.54, 1.807) is 43.4 Å². The zero-order valence-electron chi connectivity index (χ0n) is 23.2. The molecule has 3 N–H and O–H groups in total. The summed E-state index contributed by atoms with van der Waals surface area (Å²) >= 11 is 5.88. The third-order valence-corrected chi connectivity index (χ3v) is 7.47. The molecule has 42 heavy (non-hydrogen) atoms. The van der Waals surface area contributed by atoms with E-state index in [2.05, 4.69) is 27.3 Å². The second-order valence-corrected chi connectivity index (χ2v) is 10.3. The van der Waals surface area contributed by atoms with Crippen molar-refractivity contribution in [3.8, 4) is 0 Å². The van der Waals surface area contributed by atoms with Gasteiger partial charge in [0, 0.05) is 40.9 Å². The van der Waals surface area contributed by atoms with Crippen molar-refractivity contribution in [2.75, 3.05) is 17.7 Å². The van der Waals surface area contributed by atoms with Crippen molar-refractivity contribution < 1.29 is 27.5 Å². The highest BCUT2D eigenvalue weighted by Crippen LogP contribution is 2.37. The minimum atomic E-state index is -0.848. The maximum Gasteiger partial charge on any atom is 0.411 e. The summed E-state index contributed by atoms with van der Waals surface area (Å²) in [6, 6.07) is 6.68. The predicted octanol–water partition coefficient (Wildman–Crippen LogP) is 8.31. The lowest BCUT2D eigenvalue weighted by molar-refractivity contribution is -0.116. The zero-order chi connectivity index (χ0) is 30.4. The van der Waals surface area contributed by atoms with Gasteiger partial charge in [0.25, 0.3) is 0 Å². The number of hydrogen-bond acceptors (Lipinski definition) is 4. The molecule has 2 aromatic carbocycles. The SMILES string of the molecule is C=C1/C=C(\C(F)=C/C)c2ccc(NC(=O)OC)cc2NC(=O)CCCCC1C1C=CC(c2c(F)ccc(Cl)c2F)=CN1. The van der Waals surface area contributed by atoms with Crippen molar-refractivity contribution in [2.24, 2.45) is 5.92 Å². The minimum Gasteiger partial charge on any atom is -0.453 e. The highest BCUT2D eigenvalue weighted by molar-refractivity contribution is 6.31. The topological polar surface area (TPSA) is 79.5 Å². The number of allylic oxidation sites excluding steroid dienone is 6. The average molecular weight is 598 g/mol. The standard InChI is InChI=1S/C32H31ClF3N3O3/c1-4-25(34)23-15-18(2)21(27-14-9-19(17-37-27)30-26(35)13-12-24(33)31(30)36)7-5-6-8-29(40)39-28-16-20(10-11-22(23)28)38-32(41)42-3/h4,9-17,21,27,37H,2,5-8H2,1,3H3,(H,38,41)(H,39,40)/b23-15-,25-4+. The van der Waals surface area contributed by atoms with E-state index in [0.29, 0.717) is 47.3 Å². The number of halogens is 4. The summed E-state index contributed by atoms with van der Waals surface area (Å²) in [4.78, 5) is 24.6. The lowest BCUT2D eigenvalue weighted by atomic mass is 9.83. The van der Waals surface area contributed by atoms with Crippen molar-refractivity contribution >= 4 is 46.1 Å². The van der Waals surface area contributed by atoms with Gasteiger partial charge in [-0.25, -0.2) is 18.0 Å². The summed E-state index contributed by atoms with van der Waals surface area (Å²) in [5.41, 5.74) is 1.95. The van der Waals surface area contributed by atoms with E-state index in [1.165, 1.54) is 19.4 Å². The normalized spacial score (nSPS) is 21.0. The van der Waals surface area contributed by atoms with E-state index < -0.39 is 23.6 Å². The molecule has 2 atom stereocenters. The molecule has 0 aromatic heterocycles. The molecule has 2 aromatic rings. The molecule has 0 spiro atoms. The molecule has 2 aliphatic rings. The maximum absolute atomic E-state index is 15.4. The number of amides is 2. The van der Waals surface area contributed by atoms with Gasteiger partial charge in [0.05, 0.1) is 29.4 Å². The summed E-state index contributed by atoms with van der Waals surface area (Å²) in [5, 5.41) is 8.43. The number of carbonyl (C=O) groups excluding carboxylic acids is 2. The van der Waals surface area contributed by atoms with Crippen LogP contribution < -0.4 is 16.0 Å². The van der Waals surface area contributed by atoms with Crippen molar-refractivity contribution in [3.05, 3.63) is 107 Å². The van der Waals surface area contributed by atoms with Crippen LogP contribution in [0.5, 0.6) is 0 Å². The Hall–Kier alpha value is -4.24. The van der Waals surface area contributed by atoms with Crippen LogP contribution >= 0.6 is 11.6 Å². The Morgan fingerprint density at radius 3 is 2.69 bits per heavy atom. The van der Waals surface area contributed by atoms with Crippen LogP contribution in [0.3, 0.4) is 0 Å². The van der Waals surface area contributed by atoms with Gasteiger partial charge in [-0.1, -0.05) is 48.9 Å². The molecule has 0 bridgehead atoms. The molecular formula is C32H31ClF3N3O3. The maximum atomic E-state index is 15.4. The lowest BCUT2D eigenvalue weighted by Gasteiger charge is -2.29. The number of methoxy groups -OCH3 is 1. The molecule has 10 heteroatoms. The molecule has 0 aliphatic carbocycles. The van der Waals surface area contributed by atoms with Crippen LogP contribution in [0.15, 0.2) is 78.8 Å². The lowest BCUT2D eigenvalue weighted by Crippen LogP contribution is -2.34. The number of nitrogens with one attached hydrogen (secondary N) is 3. The van der Waals surface area contributed by atoms with E-state index in [-0.39, 0.29) is 40.4 Å². The summed E-state index contributed by atoms with van der Waals surface area (Å²) in [7, 11) is 1.23. The molecule has 2 unspecified atom stereocenters. The molecule has 2 aliphatic heterocycles. The highest BCUT2D eigenvalue weighted by Gasteiger charge is 2.26. The Morgan fingerprint density at radius 1 is 1.21 bits per heavy atom. The van der Waals surface area contributed by atoms with Crippen LogP contribution in [0, 0.1) is 17.6 Å². The van der Waals surface area contributed by atoms with Crippen molar-refractivity contribution in [2.45, 2.75) is 38.6 Å². The molecule has 2 heterocycles. The van der Waals surface area contributed by atoms with Gasteiger partial charge in [0.1, 0.15) is 11.6 Å². The van der Waals surface area contributed by atoms with Crippen molar-refractivity contribution in [3.63, 3.8) is 0 Å². The third kappa shape index (κ3) is 6.97. The fourth-order valence-electron chi connectivity index (χ4n) is 5.01. The molecular weight excluding hydrogens is 567 g/mol. The first kappa shape index (κ1) is 30.7. The molecule has 2 amide bonds. The summed E-state index contributed by atoms with van der Waals surface area (Å²) in [5.74, 6) is -2.60. The first-order valence-corrected chi connectivity index (χ1v) is 13.8. The number of dihydropyridines is 1. The monoisotopic (exact) mass is 597 g/mol. The Morgan fingerprint density at radius 2 is 2.00 bits per heavy atom. The van der Waals surface area contributed by atoms with Crippen LogP contribution in [0.1, 0.15) is 43.7 Å². The van der Waals surface area contributed by atoms with E-state index in [9.17, 15) is 18.4 Å². The Labute approximate surface area is 247 Å². The van der Waals surface area contributed by atoms with Crippen LogP contribution in [0.2, 0.25) is 5.02 Å². The van der Waals surface area contributed by atoms with Crippen LogP contribution in [0.25, 0.3) is 11.1 Å². The quantitative estimate of drug-likeness (QED) is 0.310. The number of benzene rings is 2. The molecule has 220 valence electrons. The number of ether oxygens (including phenoxy) is 1. The first-order valence-electron chi connectivity index (χ1n) is 13.4. The molecule has 6 nitrogen and oxygen atoms in total. The number of fused-ring (bicyclic) bond motifs is 1. The molecule has 0 radical (unpaired) electrons. The fraction of sp³-hybridized carbons (Fsp3) is 0.250. The van der Waals surface area contributed by atoms with Crippen LogP contribution in [-0.2, 0) is 9.53 Å². The second kappa shape index (κ2) is 13.6. The van der Waals surface area contributed by atoms with E-state index in [1.807, 2.05) is 0 Å². The van der Waals surface area contributed by atoms with Gasteiger partial charge < -0.3 is 15.4 Å². The zero-order valence-corrected chi connectivity index (χ0v) is 24.0. The van der Waals surface area contributed by atoms with Crippen molar-refractivity contribution in [1.82, 2.24) is 5.32 Å². The fourth-order valence-corrected chi connectivity index (χ4v) is 5.16. The van der Waals surface area contributed by atoms with Crippen LogP contribution in [-0.4, -0.2) is 25.2 Å². The van der Waals surface area contributed by atoms with Gasteiger partial charge in [-0.15, -0.1) is 0 Å². The van der Waals surface area contributed by atoms with E-state index in [0.717, 1.165) is 12.1 Å². The summed E-state index contributed by atoms with van der Waals surface area (Å²) in [6.45, 7) is 5.83. The van der Waals surface area contributed by atoms with Gasteiger partial charge in [0.2, 0.25) is 5.91 Å². The Kier molecular flexibility index (Phi) is 9.96. The number of hydrogen-bond donors (Lipinski definition) is 3. The number of anilines is 2. The molecule has 0 saturated carbocycles. The van der Waals surface area contributed by atoms with Gasteiger partial charge in [-0.2, -0.15) is 0 Å². The average Bonchev–Trinajstić information content (AvgIpc) is 2.97. The first-order chi connectivity index (χ1) is 20.1. The second-order valence-electron chi connectivity index (χ2n) is 9.92. The number of carbonyl (C=O) groups is 2. The molecule has 4 rings (SSSR count). The van der Waals surface area contributed by atoms with Crippen molar-refractivity contribution in [1.29, 1.82) is 0 Å². The highest BCUT2D eigenvalue weighted by atomic mass is 35.5. The summed E-state index contributed by atoms with van der Waals surface area (Å²) in [6.07, 6.45) is 9.31. The van der Waals surface area contributed by atoms with Crippen LogP contribution in [0.4, 0.5) is 29.3 Å². The Bertz CT molecular complexity index is 1530. The van der Waals surface area contributed by atoms with E-state index in [4.69, 9.17) is 11.6 Å². The van der Waals surface area contributed by atoms with Gasteiger partial charge in [-0.3, -0.25) is 10.1 Å². The smallest absolute Gasteiger partial charge is 0.411 e. The van der Waals surface area contributed by atoms with E-state index >= 15 is 4.39 Å². The number of rotatable bonds is 4. The summed E-state index contributed by atoms with van der Waals surface area (Å²) < 4.78 is 49.2. The predicted molar refractivity (Wildman–Crippen MR) is 160 cm³/mol. The molecule has 0 saturated heterocycles. The van der Waals surface area contributed by atoms with Gasteiger partial charge >= 0.3 is 6.09 Å². The largest absolute Gasteiger partial charge is 0.453 e.